The molecular weight excluding hydrogens is 359 g/mol. The van der Waals surface area contributed by atoms with Crippen LogP contribution in [0.2, 0.25) is 0 Å². The van der Waals surface area contributed by atoms with Crippen LogP contribution in [0.1, 0.15) is 85.8 Å². The Morgan fingerprint density at radius 3 is 2.00 bits per heavy atom. The molecule has 0 amide bonds. The van der Waals surface area contributed by atoms with Gasteiger partial charge >= 0.3 is 5.97 Å². The van der Waals surface area contributed by atoms with Crippen LogP contribution in [0.15, 0.2) is 12.1 Å². The van der Waals surface area contributed by atoms with Crippen LogP contribution in [0.25, 0.3) is 0 Å². The maximum absolute atomic E-state index is 13.1. The van der Waals surface area contributed by atoms with Gasteiger partial charge in [-0.1, -0.05) is 63.6 Å². The largest absolute Gasteiger partial charge is 0.465 e. The van der Waals surface area contributed by atoms with Crippen molar-refractivity contribution in [3.63, 3.8) is 0 Å². The van der Waals surface area contributed by atoms with E-state index in [1.807, 2.05) is 32.9 Å². The Morgan fingerprint density at radius 2 is 1.48 bits per heavy atom. The molecule has 0 N–H and O–H groups in total. The normalized spacial score (nSPS) is 11.4. The van der Waals surface area contributed by atoms with E-state index in [1.165, 1.54) is 0 Å². The van der Waals surface area contributed by atoms with Crippen molar-refractivity contribution in [2.45, 2.75) is 79.6 Å². The summed E-state index contributed by atoms with van der Waals surface area (Å²) >= 11 is 0. The minimum absolute atomic E-state index is 0.0815. The van der Waals surface area contributed by atoms with Gasteiger partial charge in [0.05, 0.1) is 15.7 Å². The number of carbonyl (C=O) groups is 2. The van der Waals surface area contributed by atoms with Crippen molar-refractivity contribution >= 4 is 20.9 Å². The lowest BCUT2D eigenvalue weighted by Crippen LogP contribution is -2.28. The number of rotatable bonds is 11. The highest BCUT2D eigenvalue weighted by molar-refractivity contribution is 7.00. The first kappa shape index (κ1) is 25.6. The molecule has 0 aliphatic rings. The van der Waals surface area contributed by atoms with E-state index in [2.05, 4.69) is 13.8 Å². The van der Waals surface area contributed by atoms with E-state index in [4.69, 9.17) is 9.30 Å². The maximum Gasteiger partial charge on any atom is 0.316 e. The average molecular weight is 397 g/mol. The number of hydrogen-bond donors (Lipinski definition) is 0. The fraction of sp³-hybridized carbons (Fsp3) is 0.636. The van der Waals surface area contributed by atoms with Gasteiger partial charge in [-0.25, -0.2) is 0 Å². The van der Waals surface area contributed by atoms with Gasteiger partial charge in [0.2, 0.25) is 0 Å². The zero-order valence-corrected chi connectivity index (χ0v) is 19.1. The monoisotopic (exact) mass is 396 g/mol. The van der Waals surface area contributed by atoms with E-state index in [0.717, 1.165) is 55.2 Å². The van der Waals surface area contributed by atoms with Crippen LogP contribution < -0.4 is 0 Å². The number of carbonyl (C=O) groups excluding carboxylic acids is 2. The number of hydrogen-bond acceptors (Lipinski definition) is 4. The predicted octanol–water partition coefficient (Wildman–Crippen LogP) is 5.66. The van der Waals surface area contributed by atoms with E-state index in [9.17, 15) is 9.59 Å². The molecule has 1 rings (SSSR count). The molecule has 1 aromatic rings. The molecule has 0 spiro atoms. The van der Waals surface area contributed by atoms with Crippen LogP contribution in [0.4, 0.5) is 0 Å². The molecule has 0 aliphatic carbocycles. The summed E-state index contributed by atoms with van der Waals surface area (Å²) in [6.45, 7) is 10.5. The topological polar surface area (TPSA) is 60.4 Å². The molecular formula is C22H37O4P. The first-order valence-electron chi connectivity index (χ1n) is 9.99. The fourth-order valence-corrected chi connectivity index (χ4v) is 3.31. The first-order chi connectivity index (χ1) is 12.9. The Hall–Kier alpha value is -1.41. The molecule has 1 aromatic carbocycles. The average Bonchev–Trinajstić information content (AvgIpc) is 2.62. The van der Waals surface area contributed by atoms with E-state index < -0.39 is 5.92 Å². The van der Waals surface area contributed by atoms with Crippen LogP contribution in [0.3, 0.4) is 0 Å². The quantitative estimate of drug-likeness (QED) is 0.159. The van der Waals surface area contributed by atoms with Gasteiger partial charge in [-0.2, -0.15) is 0 Å². The molecule has 2 atom stereocenters. The molecule has 0 saturated heterocycles. The van der Waals surface area contributed by atoms with Gasteiger partial charge in [0.15, 0.2) is 5.78 Å². The predicted molar refractivity (Wildman–Crippen MR) is 115 cm³/mol. The molecule has 154 valence electrons. The van der Waals surface area contributed by atoms with E-state index in [1.54, 1.807) is 0 Å². The number of aryl methyl sites for hydroxylation is 3. The Balaban J connectivity index is 0.00000326. The number of ether oxygens (including phenoxy) is 1. The Morgan fingerprint density at radius 1 is 0.926 bits per heavy atom. The minimum atomic E-state index is -0.675. The third-order valence-corrected chi connectivity index (χ3v) is 4.61. The minimum Gasteiger partial charge on any atom is -0.465 e. The molecule has 0 aromatic heterocycles. The van der Waals surface area contributed by atoms with E-state index in [0.29, 0.717) is 27.7 Å². The molecule has 0 radical (unpaired) electrons. The van der Waals surface area contributed by atoms with E-state index in [-0.39, 0.29) is 11.8 Å². The number of esters is 1. The lowest BCUT2D eigenvalue weighted by atomic mass is 9.87. The van der Waals surface area contributed by atoms with Crippen LogP contribution in [-0.2, 0) is 14.1 Å². The second kappa shape index (κ2) is 14.6. The van der Waals surface area contributed by atoms with Crippen molar-refractivity contribution in [2.24, 2.45) is 5.92 Å². The van der Waals surface area contributed by atoms with Gasteiger partial charge in [0.1, 0.15) is 5.92 Å². The zero-order valence-electron chi connectivity index (χ0n) is 17.7. The van der Waals surface area contributed by atoms with Crippen molar-refractivity contribution in [1.29, 1.82) is 0 Å². The second-order valence-electron chi connectivity index (χ2n) is 7.06. The van der Waals surface area contributed by atoms with Gasteiger partial charge in [-0.3, -0.25) is 9.59 Å². The molecule has 5 heteroatoms. The second-order valence-corrected chi connectivity index (χ2v) is 7.06. The van der Waals surface area contributed by atoms with Crippen molar-refractivity contribution in [3.05, 3.63) is 34.4 Å². The fourth-order valence-electron chi connectivity index (χ4n) is 3.31. The number of Topliss-reactive ketones (excluding diaryl/α,β-unsaturated/α-hetero) is 1. The molecule has 4 nitrogen and oxygen atoms in total. The molecule has 27 heavy (non-hydrogen) atoms. The zero-order chi connectivity index (χ0) is 20.8. The molecule has 0 saturated carbocycles. The smallest absolute Gasteiger partial charge is 0.316 e. The third-order valence-electron chi connectivity index (χ3n) is 4.61. The highest BCUT2D eigenvalue weighted by Crippen LogP contribution is 2.24. The first-order valence-corrected chi connectivity index (χ1v) is 10.6. The highest BCUT2D eigenvalue weighted by atomic mass is 31.0. The van der Waals surface area contributed by atoms with Crippen molar-refractivity contribution in [3.8, 4) is 0 Å². The van der Waals surface area contributed by atoms with Gasteiger partial charge in [-0.05, 0) is 44.7 Å². The number of benzene rings is 1. The Bertz CT molecular complexity index is 575. The van der Waals surface area contributed by atoms with E-state index >= 15 is 0 Å². The van der Waals surface area contributed by atoms with Crippen LogP contribution in [-0.4, -0.2) is 18.4 Å². The summed E-state index contributed by atoms with van der Waals surface area (Å²) in [5.41, 5.74) is 3.71. The lowest BCUT2D eigenvalue weighted by Gasteiger charge is -2.18. The third kappa shape index (κ3) is 8.88. The molecule has 0 bridgehead atoms. The molecule has 0 fully saturated rings. The number of ketones is 1. The summed E-state index contributed by atoms with van der Waals surface area (Å²) in [6.07, 6.45) is 6.61. The number of unbranched alkanes of at least 4 members (excludes halogenated alkanes) is 4. The van der Waals surface area contributed by atoms with Crippen LogP contribution >= 0.6 is 9.12 Å². The van der Waals surface area contributed by atoms with Crippen molar-refractivity contribution < 1.29 is 18.9 Å². The van der Waals surface area contributed by atoms with Gasteiger partial charge in [0, 0.05) is 5.56 Å². The lowest BCUT2D eigenvalue weighted by molar-refractivity contribution is -0.147. The summed E-state index contributed by atoms with van der Waals surface area (Å²) in [6, 6.07) is 4.01. The van der Waals surface area contributed by atoms with Crippen molar-refractivity contribution in [1.82, 2.24) is 0 Å². The SMILES string of the molecule is CCCCCCOC(=O)C(CCCC)C(=O)c1c(C)cc(C)cc1C.O=[PH3]. The van der Waals surface area contributed by atoms with Gasteiger partial charge < -0.3 is 9.30 Å². The Kier molecular flexibility index (Phi) is 13.9. The summed E-state index contributed by atoms with van der Waals surface area (Å²) in [5.74, 6) is -1.11. The summed E-state index contributed by atoms with van der Waals surface area (Å²) in [4.78, 5) is 25.6. The molecule has 0 aliphatic heterocycles. The summed E-state index contributed by atoms with van der Waals surface area (Å²) in [7, 11) is 0.611. The maximum atomic E-state index is 13.1. The van der Waals surface area contributed by atoms with Gasteiger partial charge in [0.25, 0.3) is 0 Å². The van der Waals surface area contributed by atoms with Crippen LogP contribution in [0.5, 0.6) is 0 Å². The molecule has 0 heterocycles. The summed E-state index contributed by atoms with van der Waals surface area (Å²) in [5, 5.41) is 0. The van der Waals surface area contributed by atoms with Gasteiger partial charge in [-0.15, -0.1) is 0 Å². The van der Waals surface area contributed by atoms with Crippen molar-refractivity contribution in [2.75, 3.05) is 6.61 Å². The standard InChI is InChI=1S/C22H34O3.H3OP/c1-6-8-10-11-13-25-22(24)19(12-9-7-2)21(23)20-17(4)14-16(3)15-18(20)5;1-2/h14-15,19H,6-13H2,1-5H3;2H3. The molecule has 2 unspecified atom stereocenters. The summed E-state index contributed by atoms with van der Waals surface area (Å²) < 4.78 is 13.7. The highest BCUT2D eigenvalue weighted by Gasteiger charge is 2.30. The van der Waals surface area contributed by atoms with Crippen LogP contribution in [0, 0.1) is 26.7 Å². The Labute approximate surface area is 166 Å².